The van der Waals surface area contributed by atoms with Crippen molar-refractivity contribution in [3.63, 3.8) is 0 Å². The van der Waals surface area contributed by atoms with E-state index in [0.717, 1.165) is 0 Å². The van der Waals surface area contributed by atoms with Crippen molar-refractivity contribution >= 4 is 23.2 Å². The summed E-state index contributed by atoms with van der Waals surface area (Å²) in [5.74, 6) is -0.434. The minimum Gasteiger partial charge on any atom is -0.370 e. The van der Waals surface area contributed by atoms with Crippen molar-refractivity contribution < 1.29 is 14.3 Å². The van der Waals surface area contributed by atoms with Crippen LogP contribution in [0.3, 0.4) is 0 Å². The first-order valence-corrected chi connectivity index (χ1v) is 6.51. The van der Waals surface area contributed by atoms with Gasteiger partial charge in [0.05, 0.1) is 22.8 Å². The quantitative estimate of drug-likeness (QED) is 0.731. The minimum absolute atomic E-state index is 0.0776. The van der Waals surface area contributed by atoms with Gasteiger partial charge in [0.2, 0.25) is 5.78 Å². The van der Waals surface area contributed by atoms with Crippen molar-refractivity contribution in [2.45, 2.75) is 32.5 Å². The first-order chi connectivity index (χ1) is 9.00. The van der Waals surface area contributed by atoms with Gasteiger partial charge >= 0.3 is 0 Å². The third-order valence-corrected chi connectivity index (χ3v) is 3.84. The fraction of sp³-hybridized carbons (Fsp3) is 0.357. The normalized spacial score (nSPS) is 26.3. The Hall–Kier alpha value is -1.52. The highest BCUT2D eigenvalue weighted by molar-refractivity contribution is 6.38. The Balaban J connectivity index is 2.24. The number of Topliss-reactive ketones (excluding diaryl/α,β-unsaturated/α-hetero) is 2. The van der Waals surface area contributed by atoms with Crippen LogP contribution in [0.25, 0.3) is 0 Å². The van der Waals surface area contributed by atoms with Crippen molar-refractivity contribution in [3.05, 3.63) is 39.7 Å². The molecule has 1 aromatic rings. The van der Waals surface area contributed by atoms with Crippen LogP contribution in [0.1, 0.15) is 41.1 Å². The molecule has 98 valence electrons. The zero-order valence-corrected chi connectivity index (χ0v) is 11.3. The predicted octanol–water partition coefficient (Wildman–Crippen LogP) is 2.61. The molecule has 0 aromatic carbocycles. The molecule has 0 saturated heterocycles. The van der Waals surface area contributed by atoms with Gasteiger partial charge in [-0.05, 0) is 19.9 Å². The van der Waals surface area contributed by atoms with Crippen molar-refractivity contribution in [3.8, 4) is 0 Å². The highest BCUT2D eigenvalue weighted by atomic mass is 35.5. The average molecular weight is 278 g/mol. The van der Waals surface area contributed by atoms with Crippen molar-refractivity contribution in [1.82, 2.24) is 4.98 Å². The molecule has 2 atom stereocenters. The lowest BCUT2D eigenvalue weighted by Crippen LogP contribution is -2.36. The number of pyridine rings is 1. The number of nitrogens with zero attached hydrogens (tertiary/aromatic N) is 1. The van der Waals surface area contributed by atoms with Crippen LogP contribution >= 0.6 is 11.6 Å². The molecule has 0 saturated carbocycles. The average Bonchev–Trinajstić information content (AvgIpc) is 2.34. The lowest BCUT2D eigenvalue weighted by Gasteiger charge is -2.32. The van der Waals surface area contributed by atoms with Gasteiger partial charge in [-0.3, -0.25) is 14.6 Å². The van der Waals surface area contributed by atoms with Gasteiger partial charge in [0, 0.05) is 23.8 Å². The van der Waals surface area contributed by atoms with E-state index < -0.39 is 0 Å². The van der Waals surface area contributed by atoms with Gasteiger partial charge in [0.15, 0.2) is 5.78 Å². The van der Waals surface area contributed by atoms with E-state index in [0.29, 0.717) is 17.6 Å². The minimum atomic E-state index is -0.389. The fourth-order valence-corrected chi connectivity index (χ4v) is 2.98. The lowest BCUT2D eigenvalue weighted by molar-refractivity contribution is 0.0148. The number of aromatic nitrogens is 1. The number of halogens is 1. The van der Waals surface area contributed by atoms with Crippen molar-refractivity contribution in [1.29, 1.82) is 0 Å². The summed E-state index contributed by atoms with van der Waals surface area (Å²) < 4.78 is 5.63. The summed E-state index contributed by atoms with van der Waals surface area (Å²) in [6, 6.07) is 1.52. The second-order valence-corrected chi connectivity index (χ2v) is 5.27. The standard InChI is InChI=1S/C14H12ClNO3/c1-6-5-8-10(7(2)19-6)14(18)11-9(15)3-4-16-12(11)13(8)17/h3-4,6-7H,5H2,1-2H3/t6-,7+/m1/s1. The number of hydrogen-bond acceptors (Lipinski definition) is 4. The van der Waals surface area contributed by atoms with Crippen LogP contribution in [0.5, 0.6) is 0 Å². The maximum absolute atomic E-state index is 12.5. The summed E-state index contributed by atoms with van der Waals surface area (Å²) in [6.45, 7) is 3.67. The molecule has 2 aliphatic rings. The van der Waals surface area contributed by atoms with Crippen LogP contribution in [0.4, 0.5) is 0 Å². The second-order valence-electron chi connectivity index (χ2n) is 4.86. The molecule has 5 heteroatoms. The molecule has 0 amide bonds. The zero-order valence-electron chi connectivity index (χ0n) is 10.6. The smallest absolute Gasteiger partial charge is 0.208 e. The largest absolute Gasteiger partial charge is 0.370 e. The van der Waals surface area contributed by atoms with Gasteiger partial charge in [-0.15, -0.1) is 0 Å². The van der Waals surface area contributed by atoms with Crippen LogP contribution in [0.2, 0.25) is 5.02 Å². The summed E-state index contributed by atoms with van der Waals surface area (Å²) in [7, 11) is 0. The van der Waals surface area contributed by atoms with Gasteiger partial charge in [-0.25, -0.2) is 0 Å². The van der Waals surface area contributed by atoms with E-state index >= 15 is 0 Å². The van der Waals surface area contributed by atoms with Crippen LogP contribution in [0, 0.1) is 0 Å². The van der Waals surface area contributed by atoms with Gasteiger partial charge < -0.3 is 4.74 Å². The highest BCUT2D eigenvalue weighted by Gasteiger charge is 2.40. The third kappa shape index (κ3) is 1.75. The first-order valence-electron chi connectivity index (χ1n) is 6.13. The summed E-state index contributed by atoms with van der Waals surface area (Å²) in [5.41, 5.74) is 1.33. The molecule has 0 radical (unpaired) electrons. The van der Waals surface area contributed by atoms with E-state index in [1.165, 1.54) is 12.3 Å². The second kappa shape index (κ2) is 4.25. The maximum Gasteiger partial charge on any atom is 0.208 e. The van der Waals surface area contributed by atoms with E-state index in [1.54, 1.807) is 6.92 Å². The summed E-state index contributed by atoms with van der Waals surface area (Å²) >= 11 is 6.03. The molecule has 0 fully saturated rings. The summed E-state index contributed by atoms with van der Waals surface area (Å²) in [5, 5.41) is 0.265. The van der Waals surface area contributed by atoms with Crippen LogP contribution in [-0.2, 0) is 4.74 Å². The summed E-state index contributed by atoms with van der Waals surface area (Å²) in [6.07, 6.45) is 1.42. The lowest BCUT2D eigenvalue weighted by atomic mass is 9.81. The van der Waals surface area contributed by atoms with Gasteiger partial charge in [-0.2, -0.15) is 0 Å². The monoisotopic (exact) mass is 277 g/mol. The molecular weight excluding hydrogens is 266 g/mol. The van der Waals surface area contributed by atoms with Crippen LogP contribution in [0.15, 0.2) is 23.4 Å². The zero-order chi connectivity index (χ0) is 13.7. The number of hydrogen-bond donors (Lipinski definition) is 0. The Kier molecular flexibility index (Phi) is 2.80. The maximum atomic E-state index is 12.5. The molecule has 0 spiro atoms. The number of ketones is 2. The topological polar surface area (TPSA) is 56.3 Å². The summed E-state index contributed by atoms with van der Waals surface area (Å²) in [4.78, 5) is 29.0. The SMILES string of the molecule is C[C@@H]1CC2=C(C(=O)c3c(Cl)ccnc3C2=O)[C@H](C)O1. The van der Waals surface area contributed by atoms with E-state index in [1.807, 2.05) is 6.92 Å². The molecule has 1 aliphatic heterocycles. The van der Waals surface area contributed by atoms with E-state index in [9.17, 15) is 9.59 Å². The number of carbonyl (C=O) groups is 2. The highest BCUT2D eigenvalue weighted by Crippen LogP contribution is 2.37. The molecule has 1 aromatic heterocycles. The van der Waals surface area contributed by atoms with Gasteiger partial charge in [0.1, 0.15) is 5.69 Å². The van der Waals surface area contributed by atoms with Gasteiger partial charge in [-0.1, -0.05) is 11.6 Å². The molecule has 0 bridgehead atoms. The Labute approximate surface area is 115 Å². The molecule has 0 N–H and O–H groups in total. The Bertz CT molecular complexity index is 636. The molecule has 2 heterocycles. The number of fused-ring (bicyclic) bond motifs is 1. The molecule has 3 rings (SSSR count). The molecule has 19 heavy (non-hydrogen) atoms. The number of rotatable bonds is 0. The molecular formula is C14H12ClNO3. The predicted molar refractivity (Wildman–Crippen MR) is 69.6 cm³/mol. The Morgan fingerprint density at radius 2 is 2.05 bits per heavy atom. The fourth-order valence-electron chi connectivity index (χ4n) is 2.75. The Morgan fingerprint density at radius 3 is 2.79 bits per heavy atom. The first kappa shape index (κ1) is 12.5. The van der Waals surface area contributed by atoms with E-state index in [4.69, 9.17) is 16.3 Å². The number of ether oxygens (including phenoxy) is 1. The van der Waals surface area contributed by atoms with Crippen molar-refractivity contribution in [2.24, 2.45) is 0 Å². The molecule has 1 aliphatic carbocycles. The number of carbonyl (C=O) groups excluding carboxylic acids is 2. The third-order valence-electron chi connectivity index (χ3n) is 3.52. The van der Waals surface area contributed by atoms with E-state index in [2.05, 4.69) is 4.98 Å². The molecule has 0 unspecified atom stereocenters. The molecule has 4 nitrogen and oxygen atoms in total. The Morgan fingerprint density at radius 1 is 1.32 bits per heavy atom. The van der Waals surface area contributed by atoms with E-state index in [-0.39, 0.29) is 40.1 Å². The van der Waals surface area contributed by atoms with Crippen LogP contribution < -0.4 is 0 Å². The van der Waals surface area contributed by atoms with Crippen LogP contribution in [-0.4, -0.2) is 28.8 Å². The van der Waals surface area contributed by atoms with Gasteiger partial charge in [0.25, 0.3) is 0 Å². The van der Waals surface area contributed by atoms with Crippen molar-refractivity contribution in [2.75, 3.05) is 0 Å².